The lowest BCUT2D eigenvalue weighted by molar-refractivity contribution is 0.728. The molecule has 15 heavy (non-hydrogen) atoms. The van der Waals surface area contributed by atoms with Gasteiger partial charge in [-0.2, -0.15) is 0 Å². The van der Waals surface area contributed by atoms with Crippen LogP contribution in [-0.4, -0.2) is 12.4 Å². The molecule has 1 aliphatic heterocycles. The summed E-state index contributed by atoms with van der Waals surface area (Å²) in [7, 11) is 0. The van der Waals surface area contributed by atoms with Crippen molar-refractivity contribution in [1.82, 2.24) is 5.32 Å². The quantitative estimate of drug-likeness (QED) is 0.817. The average Bonchev–Trinajstić information content (AvgIpc) is 2.52. The van der Waals surface area contributed by atoms with E-state index in [1.807, 2.05) is 11.3 Å². The highest BCUT2D eigenvalue weighted by Crippen LogP contribution is 2.15. The first-order valence-corrected chi connectivity index (χ1v) is 6.49. The maximum atomic E-state index is 4.56. The second kappa shape index (κ2) is 5.31. The number of nitrogens with one attached hydrogen (secondary N) is 1. The van der Waals surface area contributed by atoms with Crippen LogP contribution in [0.25, 0.3) is 0 Å². The minimum absolute atomic E-state index is 0.942. The van der Waals surface area contributed by atoms with Crippen LogP contribution in [0.4, 0.5) is 0 Å². The summed E-state index contributed by atoms with van der Waals surface area (Å²) in [6.07, 6.45) is 5.00. The molecule has 2 nitrogen and oxygen atoms in total. The number of thiophene rings is 1. The highest BCUT2D eigenvalue weighted by atomic mass is 32.1. The van der Waals surface area contributed by atoms with E-state index in [0.29, 0.717) is 0 Å². The van der Waals surface area contributed by atoms with E-state index in [0.717, 1.165) is 19.5 Å². The van der Waals surface area contributed by atoms with Gasteiger partial charge in [0.05, 0.1) is 12.4 Å². The largest absolute Gasteiger partial charge is 0.369 e. The molecule has 82 valence electrons. The van der Waals surface area contributed by atoms with Crippen LogP contribution in [0.1, 0.15) is 35.4 Å². The standard InChI is InChI=1S/C12H18N2S/c1-10-6-7-11(15-10)9-14-12-5-3-2-4-8-13-12/h6-7H,2-5,8-9H2,1H3,(H,13,14). The topological polar surface area (TPSA) is 24.4 Å². The number of aliphatic imine (C=N–C) groups is 1. The Hall–Kier alpha value is -0.830. The van der Waals surface area contributed by atoms with Crippen LogP contribution < -0.4 is 5.32 Å². The number of rotatable bonds is 2. The first-order chi connectivity index (χ1) is 7.34. The van der Waals surface area contributed by atoms with Crippen LogP contribution in [0.3, 0.4) is 0 Å². The first kappa shape index (κ1) is 10.7. The van der Waals surface area contributed by atoms with Gasteiger partial charge in [0, 0.05) is 22.7 Å². The lowest BCUT2D eigenvalue weighted by Gasteiger charge is -2.06. The maximum absolute atomic E-state index is 4.56. The Morgan fingerprint density at radius 3 is 3.07 bits per heavy atom. The van der Waals surface area contributed by atoms with Crippen molar-refractivity contribution in [1.29, 1.82) is 0 Å². The van der Waals surface area contributed by atoms with Gasteiger partial charge >= 0.3 is 0 Å². The lowest BCUT2D eigenvalue weighted by Crippen LogP contribution is -2.22. The van der Waals surface area contributed by atoms with Crippen molar-refractivity contribution < 1.29 is 0 Å². The Labute approximate surface area is 95.4 Å². The summed E-state index contributed by atoms with van der Waals surface area (Å²) in [6, 6.07) is 4.38. The molecule has 1 aliphatic rings. The molecule has 1 N–H and O–H groups in total. The van der Waals surface area contributed by atoms with Gasteiger partial charge in [0.15, 0.2) is 0 Å². The molecule has 3 heteroatoms. The van der Waals surface area contributed by atoms with Crippen molar-refractivity contribution in [2.75, 3.05) is 6.54 Å². The van der Waals surface area contributed by atoms with Crippen molar-refractivity contribution >= 4 is 17.2 Å². The van der Waals surface area contributed by atoms with E-state index < -0.39 is 0 Å². The molecule has 0 aromatic carbocycles. The normalized spacial score (nSPS) is 17.0. The fraction of sp³-hybridized carbons (Fsp3) is 0.583. The molecule has 0 aliphatic carbocycles. The number of amidine groups is 1. The van der Waals surface area contributed by atoms with Crippen LogP contribution in [0.15, 0.2) is 17.1 Å². The zero-order valence-electron chi connectivity index (χ0n) is 9.25. The van der Waals surface area contributed by atoms with Crippen LogP contribution >= 0.6 is 11.3 Å². The molecule has 0 fully saturated rings. The Morgan fingerprint density at radius 2 is 2.27 bits per heavy atom. The van der Waals surface area contributed by atoms with Gasteiger partial charge in [-0.3, -0.25) is 4.99 Å². The fourth-order valence-electron chi connectivity index (χ4n) is 1.79. The Kier molecular flexibility index (Phi) is 3.78. The van der Waals surface area contributed by atoms with Crippen LogP contribution in [0, 0.1) is 6.92 Å². The minimum Gasteiger partial charge on any atom is -0.369 e. The first-order valence-electron chi connectivity index (χ1n) is 5.67. The van der Waals surface area contributed by atoms with E-state index in [2.05, 4.69) is 29.4 Å². The Bertz CT molecular complexity index is 341. The molecule has 0 saturated heterocycles. The van der Waals surface area contributed by atoms with Crippen molar-refractivity contribution in [2.45, 2.75) is 39.2 Å². The van der Waals surface area contributed by atoms with Crippen LogP contribution in [0.2, 0.25) is 0 Å². The summed E-state index contributed by atoms with van der Waals surface area (Å²) in [5.41, 5.74) is 0. The molecule has 0 bridgehead atoms. The zero-order chi connectivity index (χ0) is 10.5. The number of hydrogen-bond acceptors (Lipinski definition) is 3. The van der Waals surface area contributed by atoms with Gasteiger partial charge in [-0.05, 0) is 31.9 Å². The summed E-state index contributed by atoms with van der Waals surface area (Å²) in [6.45, 7) is 4.10. The summed E-state index contributed by atoms with van der Waals surface area (Å²) >= 11 is 1.86. The number of hydrogen-bond donors (Lipinski definition) is 1. The van der Waals surface area contributed by atoms with Gasteiger partial charge in [-0.1, -0.05) is 6.42 Å². The molecule has 0 radical (unpaired) electrons. The van der Waals surface area contributed by atoms with E-state index in [9.17, 15) is 0 Å². The summed E-state index contributed by atoms with van der Waals surface area (Å²) in [5, 5.41) is 3.45. The second-order valence-corrected chi connectivity index (χ2v) is 5.38. The molecule has 0 atom stereocenters. The molecule has 1 aromatic heterocycles. The molecule has 2 rings (SSSR count). The third-order valence-electron chi connectivity index (χ3n) is 2.64. The SMILES string of the molecule is Cc1ccc(CNC2=NCCCCC2)s1. The molecule has 0 amide bonds. The van der Waals surface area contributed by atoms with Gasteiger partial charge in [0.2, 0.25) is 0 Å². The maximum Gasteiger partial charge on any atom is 0.0965 e. The van der Waals surface area contributed by atoms with E-state index in [4.69, 9.17) is 0 Å². The predicted octanol–water partition coefficient (Wildman–Crippen LogP) is 3.12. The molecule has 1 aromatic rings. The highest BCUT2D eigenvalue weighted by molar-refractivity contribution is 7.11. The van der Waals surface area contributed by atoms with Crippen molar-refractivity contribution in [3.63, 3.8) is 0 Å². The highest BCUT2D eigenvalue weighted by Gasteiger charge is 2.04. The fourth-order valence-corrected chi connectivity index (χ4v) is 2.62. The van der Waals surface area contributed by atoms with Gasteiger partial charge < -0.3 is 5.32 Å². The second-order valence-electron chi connectivity index (χ2n) is 4.00. The van der Waals surface area contributed by atoms with Crippen molar-refractivity contribution in [3.05, 3.63) is 21.9 Å². The zero-order valence-corrected chi connectivity index (χ0v) is 10.1. The smallest absolute Gasteiger partial charge is 0.0965 e. The lowest BCUT2D eigenvalue weighted by atomic mass is 10.2. The average molecular weight is 222 g/mol. The predicted molar refractivity (Wildman–Crippen MR) is 66.7 cm³/mol. The minimum atomic E-state index is 0.942. The molecule has 2 heterocycles. The van der Waals surface area contributed by atoms with E-state index in [1.165, 1.54) is 34.9 Å². The van der Waals surface area contributed by atoms with Crippen LogP contribution in [-0.2, 0) is 6.54 Å². The van der Waals surface area contributed by atoms with E-state index >= 15 is 0 Å². The van der Waals surface area contributed by atoms with Crippen molar-refractivity contribution in [2.24, 2.45) is 4.99 Å². The van der Waals surface area contributed by atoms with Gasteiger partial charge in [-0.25, -0.2) is 0 Å². The Balaban J connectivity index is 1.84. The van der Waals surface area contributed by atoms with E-state index in [1.54, 1.807) is 0 Å². The third-order valence-corrected chi connectivity index (χ3v) is 3.64. The summed E-state index contributed by atoms with van der Waals surface area (Å²) in [4.78, 5) is 7.34. The summed E-state index contributed by atoms with van der Waals surface area (Å²) in [5.74, 6) is 1.21. The van der Waals surface area contributed by atoms with Crippen LogP contribution in [0.5, 0.6) is 0 Å². The van der Waals surface area contributed by atoms with E-state index in [-0.39, 0.29) is 0 Å². The van der Waals surface area contributed by atoms with Gasteiger partial charge in [0.25, 0.3) is 0 Å². The number of aryl methyl sites for hydroxylation is 1. The third kappa shape index (κ3) is 3.34. The molecule has 0 spiro atoms. The molecule has 0 unspecified atom stereocenters. The van der Waals surface area contributed by atoms with Gasteiger partial charge in [0.1, 0.15) is 0 Å². The monoisotopic (exact) mass is 222 g/mol. The Morgan fingerprint density at radius 1 is 1.33 bits per heavy atom. The van der Waals surface area contributed by atoms with Crippen molar-refractivity contribution in [3.8, 4) is 0 Å². The summed E-state index contributed by atoms with van der Waals surface area (Å²) < 4.78 is 0. The number of nitrogens with zero attached hydrogens (tertiary/aromatic N) is 1. The van der Waals surface area contributed by atoms with Gasteiger partial charge in [-0.15, -0.1) is 11.3 Å². The molecular weight excluding hydrogens is 204 g/mol. The molecule has 0 saturated carbocycles. The molecular formula is C12H18N2S.